The van der Waals surface area contributed by atoms with E-state index in [0.29, 0.717) is 49.2 Å². The highest BCUT2D eigenvalue weighted by Gasteiger charge is 2.20. The van der Waals surface area contributed by atoms with Gasteiger partial charge >= 0.3 is 0 Å². The van der Waals surface area contributed by atoms with Crippen LogP contribution in [0.15, 0.2) is 48.7 Å². The number of rotatable bonds is 11. The third-order valence-corrected chi connectivity index (χ3v) is 7.54. The van der Waals surface area contributed by atoms with Crippen LogP contribution in [0, 0.1) is 0 Å². The Morgan fingerprint density at radius 2 is 1.82 bits per heavy atom. The van der Waals surface area contributed by atoms with Crippen molar-refractivity contribution < 1.29 is 14.6 Å². The van der Waals surface area contributed by atoms with Crippen LogP contribution in [0.1, 0.15) is 30.9 Å². The Bertz CT molecular complexity index is 1520. The van der Waals surface area contributed by atoms with E-state index in [-0.39, 0.29) is 11.9 Å². The van der Waals surface area contributed by atoms with Crippen LogP contribution in [-0.4, -0.2) is 57.9 Å². The van der Waals surface area contributed by atoms with Crippen molar-refractivity contribution in [3.05, 3.63) is 64.8 Å². The zero-order chi connectivity index (χ0) is 28.2. The summed E-state index contributed by atoms with van der Waals surface area (Å²) in [7, 11) is 3.59. The van der Waals surface area contributed by atoms with Crippen LogP contribution >= 0.6 is 11.6 Å². The average molecular weight is 563 g/mol. The molecule has 0 saturated carbocycles. The van der Waals surface area contributed by atoms with Crippen LogP contribution in [-0.2, 0) is 24.9 Å². The molecular weight excluding hydrogens is 528 g/mol. The normalized spacial score (nSPS) is 15.9. The molecule has 1 amide bonds. The Balaban J connectivity index is 1.37. The van der Waals surface area contributed by atoms with Gasteiger partial charge in [-0.3, -0.25) is 4.79 Å². The molecule has 4 N–H and O–H groups in total. The fourth-order valence-electron chi connectivity index (χ4n) is 5.11. The Hall–Kier alpha value is -3.50. The van der Waals surface area contributed by atoms with Crippen molar-refractivity contribution >= 4 is 28.5 Å². The molecule has 4 aromatic rings. The lowest BCUT2D eigenvalue weighted by Crippen LogP contribution is -2.35. The van der Waals surface area contributed by atoms with Gasteiger partial charge in [0, 0.05) is 74.0 Å². The number of aryl methyl sites for hydroxylation is 1. The number of benzene rings is 1. The van der Waals surface area contributed by atoms with Crippen molar-refractivity contribution in [3.8, 4) is 28.4 Å². The molecule has 1 unspecified atom stereocenters. The zero-order valence-corrected chi connectivity index (χ0v) is 23.8. The van der Waals surface area contributed by atoms with E-state index in [1.54, 1.807) is 14.0 Å². The number of ether oxygens (including phenoxy) is 1. The molecule has 10 heteroatoms. The first-order valence-electron chi connectivity index (χ1n) is 13.5. The van der Waals surface area contributed by atoms with E-state index in [9.17, 15) is 9.90 Å². The van der Waals surface area contributed by atoms with Gasteiger partial charge in [0.15, 0.2) is 0 Å². The summed E-state index contributed by atoms with van der Waals surface area (Å²) >= 11 is 6.97. The van der Waals surface area contributed by atoms with E-state index in [1.165, 1.54) is 0 Å². The largest absolute Gasteiger partial charge is 0.481 e. The topological polar surface area (TPSA) is 113 Å². The molecule has 0 aliphatic carbocycles. The number of methoxy groups -OCH3 is 1. The average Bonchev–Trinajstić information content (AvgIpc) is 3.50. The van der Waals surface area contributed by atoms with Crippen molar-refractivity contribution in [2.75, 3.05) is 20.2 Å². The van der Waals surface area contributed by atoms with E-state index in [1.807, 2.05) is 48.0 Å². The first kappa shape index (κ1) is 28.0. The first-order valence-corrected chi connectivity index (χ1v) is 13.9. The maximum Gasteiger partial charge on any atom is 0.220 e. The summed E-state index contributed by atoms with van der Waals surface area (Å²) in [4.78, 5) is 21.1. The fourth-order valence-corrected chi connectivity index (χ4v) is 5.43. The summed E-state index contributed by atoms with van der Waals surface area (Å²) in [5.74, 6) is 0.640. The van der Waals surface area contributed by atoms with Gasteiger partial charge in [0.1, 0.15) is 5.65 Å². The van der Waals surface area contributed by atoms with Crippen molar-refractivity contribution in [1.82, 2.24) is 30.5 Å². The molecule has 1 aliphatic rings. The number of nitrogens with one attached hydrogen (secondary N) is 3. The monoisotopic (exact) mass is 562 g/mol. The lowest BCUT2D eigenvalue weighted by Gasteiger charge is -2.14. The smallest absolute Gasteiger partial charge is 0.220 e. The first-order chi connectivity index (χ1) is 19.3. The molecule has 0 bridgehead atoms. The molecule has 1 saturated heterocycles. The van der Waals surface area contributed by atoms with Crippen LogP contribution in [0.25, 0.3) is 33.5 Å². The summed E-state index contributed by atoms with van der Waals surface area (Å²) in [5.41, 5.74) is 6.01. The molecule has 2 atom stereocenters. The molecule has 9 nitrogen and oxygen atoms in total. The number of pyridine rings is 2. The maximum atomic E-state index is 11.4. The van der Waals surface area contributed by atoms with Gasteiger partial charge in [-0.15, -0.1) is 0 Å². The van der Waals surface area contributed by atoms with Crippen LogP contribution in [0.4, 0.5) is 0 Å². The molecular formula is C30H35ClN6O3. The predicted molar refractivity (Wildman–Crippen MR) is 157 cm³/mol. The van der Waals surface area contributed by atoms with Crippen LogP contribution in [0.5, 0.6) is 5.88 Å². The van der Waals surface area contributed by atoms with Crippen molar-refractivity contribution in [2.24, 2.45) is 7.05 Å². The molecule has 5 rings (SSSR count). The third kappa shape index (κ3) is 6.13. The van der Waals surface area contributed by atoms with E-state index >= 15 is 0 Å². The molecule has 1 aromatic carbocycles. The summed E-state index contributed by atoms with van der Waals surface area (Å²) in [6.07, 6.45) is 3.10. The van der Waals surface area contributed by atoms with Crippen LogP contribution in [0.2, 0.25) is 5.02 Å². The minimum absolute atomic E-state index is 0.110. The minimum Gasteiger partial charge on any atom is -0.481 e. The Morgan fingerprint density at radius 3 is 2.52 bits per heavy atom. The van der Waals surface area contributed by atoms with E-state index in [2.05, 4.69) is 28.2 Å². The number of amides is 1. The molecule has 1 aliphatic heterocycles. The number of fused-ring (bicyclic) bond motifs is 1. The Labute approximate surface area is 238 Å². The minimum atomic E-state index is -0.399. The number of nitrogens with zero attached hydrogens (tertiary/aromatic N) is 3. The highest BCUT2D eigenvalue weighted by atomic mass is 35.5. The quantitative estimate of drug-likeness (QED) is 0.220. The van der Waals surface area contributed by atoms with Gasteiger partial charge in [-0.25, -0.2) is 9.97 Å². The van der Waals surface area contributed by atoms with E-state index < -0.39 is 6.10 Å². The SMILES string of the molecule is COc1nc(-c2cccc(-c3ccc4c(CNCC(C)O)cn(C)c4n3)c2Cl)ccc1CNC[C@@H]1CCC(=O)N1. The van der Waals surface area contributed by atoms with Gasteiger partial charge in [0.05, 0.1) is 29.6 Å². The van der Waals surface area contributed by atoms with Crippen molar-refractivity contribution in [1.29, 1.82) is 0 Å². The number of hydrogen-bond acceptors (Lipinski definition) is 7. The van der Waals surface area contributed by atoms with Crippen LogP contribution < -0.4 is 20.7 Å². The number of carbonyl (C=O) groups is 1. The number of halogens is 1. The van der Waals surface area contributed by atoms with E-state index in [4.69, 9.17) is 26.3 Å². The molecule has 0 spiro atoms. The Kier molecular flexibility index (Phi) is 8.66. The predicted octanol–water partition coefficient (Wildman–Crippen LogP) is 3.80. The molecule has 4 heterocycles. The second-order valence-corrected chi connectivity index (χ2v) is 10.7. The van der Waals surface area contributed by atoms with Crippen molar-refractivity contribution in [2.45, 2.75) is 45.0 Å². The molecule has 1 fully saturated rings. The second-order valence-electron chi connectivity index (χ2n) is 10.3. The Morgan fingerprint density at radius 1 is 1.10 bits per heavy atom. The van der Waals surface area contributed by atoms with Crippen molar-refractivity contribution in [3.63, 3.8) is 0 Å². The molecule has 210 valence electrons. The number of aromatic nitrogens is 3. The fraction of sp³-hybridized carbons (Fsp3) is 0.367. The number of carbonyl (C=O) groups excluding carboxylic acids is 1. The standard InChI is InChI=1S/C30H35ClN6O3/c1-18(38)13-32-15-20-17-37(2)29-22(20)9-11-25(35-29)23-5-4-6-24(28(23)31)26-10-7-19(30(36-26)40-3)14-33-16-21-8-12-27(39)34-21/h4-7,9-11,17-18,21,32-33,38H,8,12-16H2,1-3H3,(H,34,39)/t18?,21-/m0/s1. The lowest BCUT2D eigenvalue weighted by atomic mass is 10.0. The number of hydrogen-bond donors (Lipinski definition) is 4. The van der Waals surface area contributed by atoms with Gasteiger partial charge in [-0.05, 0) is 37.1 Å². The maximum absolute atomic E-state index is 11.4. The molecule has 3 aromatic heterocycles. The molecule has 40 heavy (non-hydrogen) atoms. The summed E-state index contributed by atoms with van der Waals surface area (Å²) in [6, 6.07) is 14.0. The highest BCUT2D eigenvalue weighted by Crippen LogP contribution is 2.37. The van der Waals surface area contributed by atoms with Gasteiger partial charge in [0.25, 0.3) is 0 Å². The second kappa shape index (κ2) is 12.3. The third-order valence-electron chi connectivity index (χ3n) is 7.13. The van der Waals surface area contributed by atoms with Gasteiger partial charge in [-0.1, -0.05) is 35.9 Å². The van der Waals surface area contributed by atoms with E-state index in [0.717, 1.165) is 45.4 Å². The van der Waals surface area contributed by atoms with Gasteiger partial charge < -0.3 is 30.4 Å². The molecule has 0 radical (unpaired) electrons. The van der Waals surface area contributed by atoms with Gasteiger partial charge in [0.2, 0.25) is 11.8 Å². The summed E-state index contributed by atoms with van der Waals surface area (Å²) in [5, 5.41) is 20.8. The number of aliphatic hydroxyl groups is 1. The zero-order valence-electron chi connectivity index (χ0n) is 23.0. The van der Waals surface area contributed by atoms with Gasteiger partial charge in [-0.2, -0.15) is 0 Å². The number of aliphatic hydroxyl groups excluding tert-OH is 1. The summed E-state index contributed by atoms with van der Waals surface area (Å²) < 4.78 is 7.62. The highest BCUT2D eigenvalue weighted by molar-refractivity contribution is 6.36. The lowest BCUT2D eigenvalue weighted by molar-refractivity contribution is -0.119. The summed E-state index contributed by atoms with van der Waals surface area (Å²) in [6.45, 7) is 4.22. The van der Waals surface area contributed by atoms with Crippen LogP contribution in [0.3, 0.4) is 0 Å².